The third-order valence-electron chi connectivity index (χ3n) is 3.24. The lowest BCUT2D eigenvalue weighted by Gasteiger charge is -2.32. The molecule has 1 aliphatic heterocycles. The molecule has 0 N–H and O–H groups in total. The molecule has 1 heterocycles. The largest absolute Gasteiger partial charge is 0.495 e. The Bertz CT molecular complexity index is 319. The number of ether oxygens (including phenoxy) is 3. The van der Waals surface area contributed by atoms with E-state index in [1.165, 1.54) is 5.70 Å². The molecule has 102 valence electrons. The van der Waals surface area contributed by atoms with Crippen LogP contribution in [0.15, 0.2) is 23.6 Å². The van der Waals surface area contributed by atoms with Crippen molar-refractivity contribution < 1.29 is 14.2 Å². The molecule has 18 heavy (non-hydrogen) atoms. The monoisotopic (exact) mass is 253 g/mol. The number of methoxy groups -OCH3 is 1. The van der Waals surface area contributed by atoms with E-state index >= 15 is 0 Å². The average molecular weight is 253 g/mol. The molecule has 0 amide bonds. The van der Waals surface area contributed by atoms with Gasteiger partial charge in [0.05, 0.1) is 25.6 Å². The lowest BCUT2D eigenvalue weighted by atomic mass is 9.99. The van der Waals surface area contributed by atoms with Crippen LogP contribution < -0.4 is 0 Å². The van der Waals surface area contributed by atoms with E-state index in [-0.39, 0.29) is 0 Å². The van der Waals surface area contributed by atoms with E-state index < -0.39 is 0 Å². The van der Waals surface area contributed by atoms with Crippen molar-refractivity contribution in [1.29, 1.82) is 0 Å². The average Bonchev–Trinajstić information content (AvgIpc) is 2.39. The molecule has 0 bridgehead atoms. The summed E-state index contributed by atoms with van der Waals surface area (Å²) < 4.78 is 16.1. The second-order valence-electron chi connectivity index (χ2n) is 4.82. The van der Waals surface area contributed by atoms with Crippen molar-refractivity contribution in [2.45, 2.75) is 13.3 Å². The van der Waals surface area contributed by atoms with Gasteiger partial charge >= 0.3 is 0 Å². The standard InChI is InChI=1S/C14H23NO3/c1-12-9-13(15-3-5-17-6-4-15)11-14(10-12)18-8-7-16-2/h9,11-12H,3-8,10H2,1-2H3. The summed E-state index contributed by atoms with van der Waals surface area (Å²) in [5.74, 6) is 1.61. The molecular weight excluding hydrogens is 230 g/mol. The van der Waals surface area contributed by atoms with Gasteiger partial charge < -0.3 is 19.1 Å². The number of hydrogen-bond donors (Lipinski definition) is 0. The zero-order valence-electron chi connectivity index (χ0n) is 11.4. The van der Waals surface area contributed by atoms with Gasteiger partial charge in [-0.15, -0.1) is 0 Å². The van der Waals surface area contributed by atoms with Crippen LogP contribution in [0.3, 0.4) is 0 Å². The second-order valence-corrected chi connectivity index (χ2v) is 4.82. The highest BCUT2D eigenvalue weighted by molar-refractivity contribution is 5.26. The summed E-state index contributed by atoms with van der Waals surface area (Å²) >= 11 is 0. The number of allylic oxidation sites excluding steroid dienone is 3. The van der Waals surface area contributed by atoms with E-state index in [4.69, 9.17) is 14.2 Å². The third-order valence-corrected chi connectivity index (χ3v) is 3.24. The van der Waals surface area contributed by atoms with E-state index in [0.29, 0.717) is 19.1 Å². The van der Waals surface area contributed by atoms with Gasteiger partial charge in [0, 0.05) is 32.3 Å². The molecule has 0 saturated carbocycles. The van der Waals surface area contributed by atoms with Crippen molar-refractivity contribution >= 4 is 0 Å². The number of morpholine rings is 1. The highest BCUT2D eigenvalue weighted by Gasteiger charge is 2.18. The van der Waals surface area contributed by atoms with Crippen LogP contribution in [0.4, 0.5) is 0 Å². The van der Waals surface area contributed by atoms with Gasteiger partial charge in [0.15, 0.2) is 0 Å². The molecule has 0 spiro atoms. The minimum Gasteiger partial charge on any atom is -0.495 e. The maximum Gasteiger partial charge on any atom is 0.111 e. The van der Waals surface area contributed by atoms with E-state index in [1.807, 2.05) is 0 Å². The number of nitrogens with zero attached hydrogens (tertiary/aromatic N) is 1. The van der Waals surface area contributed by atoms with Crippen molar-refractivity contribution in [3.63, 3.8) is 0 Å². The quantitative estimate of drug-likeness (QED) is 0.699. The van der Waals surface area contributed by atoms with Crippen LogP contribution in [-0.2, 0) is 14.2 Å². The van der Waals surface area contributed by atoms with Gasteiger partial charge in [0.1, 0.15) is 6.61 Å². The molecule has 0 aromatic carbocycles. The predicted octanol–water partition coefficient (Wildman–Crippen LogP) is 1.79. The number of rotatable bonds is 5. The summed E-state index contributed by atoms with van der Waals surface area (Å²) in [6.45, 7) is 7.08. The molecule has 2 aliphatic rings. The van der Waals surface area contributed by atoms with Crippen LogP contribution in [0, 0.1) is 5.92 Å². The Morgan fingerprint density at radius 2 is 2.11 bits per heavy atom. The van der Waals surface area contributed by atoms with Gasteiger partial charge in [-0.05, 0) is 12.0 Å². The molecule has 0 radical (unpaired) electrons. The highest BCUT2D eigenvalue weighted by Crippen LogP contribution is 2.25. The Labute approximate surface area is 109 Å². The van der Waals surface area contributed by atoms with E-state index in [1.54, 1.807) is 7.11 Å². The molecule has 1 unspecified atom stereocenters. The smallest absolute Gasteiger partial charge is 0.111 e. The predicted molar refractivity (Wildman–Crippen MR) is 70.2 cm³/mol. The van der Waals surface area contributed by atoms with Crippen molar-refractivity contribution in [3.05, 3.63) is 23.6 Å². The first kappa shape index (κ1) is 13.4. The van der Waals surface area contributed by atoms with E-state index in [2.05, 4.69) is 24.0 Å². The molecule has 1 fully saturated rings. The second kappa shape index (κ2) is 6.81. The zero-order valence-corrected chi connectivity index (χ0v) is 11.4. The maximum atomic E-state index is 5.75. The summed E-state index contributed by atoms with van der Waals surface area (Å²) in [6.07, 6.45) is 5.48. The van der Waals surface area contributed by atoms with Crippen LogP contribution in [0.25, 0.3) is 0 Å². The van der Waals surface area contributed by atoms with Gasteiger partial charge in [-0.2, -0.15) is 0 Å². The Morgan fingerprint density at radius 3 is 2.83 bits per heavy atom. The van der Waals surface area contributed by atoms with Crippen LogP contribution in [0.2, 0.25) is 0 Å². The van der Waals surface area contributed by atoms with Crippen LogP contribution in [0.5, 0.6) is 0 Å². The first-order chi connectivity index (χ1) is 8.79. The van der Waals surface area contributed by atoms with Gasteiger partial charge in [-0.3, -0.25) is 0 Å². The summed E-state index contributed by atoms with van der Waals surface area (Å²) in [6, 6.07) is 0. The fourth-order valence-electron chi connectivity index (χ4n) is 2.31. The molecule has 1 atom stereocenters. The molecular formula is C14H23NO3. The third kappa shape index (κ3) is 3.75. The van der Waals surface area contributed by atoms with Gasteiger partial charge in [0.25, 0.3) is 0 Å². The molecule has 1 saturated heterocycles. The van der Waals surface area contributed by atoms with Crippen molar-refractivity contribution in [1.82, 2.24) is 4.90 Å². The minimum absolute atomic E-state index is 0.533. The van der Waals surface area contributed by atoms with E-state index in [0.717, 1.165) is 38.5 Å². The molecule has 2 rings (SSSR count). The van der Waals surface area contributed by atoms with Crippen molar-refractivity contribution in [2.75, 3.05) is 46.6 Å². The zero-order chi connectivity index (χ0) is 12.8. The Balaban J connectivity index is 1.95. The summed E-state index contributed by atoms with van der Waals surface area (Å²) in [5.41, 5.74) is 1.28. The van der Waals surface area contributed by atoms with Crippen molar-refractivity contribution in [3.8, 4) is 0 Å². The van der Waals surface area contributed by atoms with Crippen LogP contribution >= 0.6 is 0 Å². The SMILES string of the molecule is COCCOC1=CC(N2CCOCC2)=CC(C)C1. The normalized spacial score (nSPS) is 24.6. The molecule has 0 aromatic heterocycles. The lowest BCUT2D eigenvalue weighted by molar-refractivity contribution is 0.0538. The van der Waals surface area contributed by atoms with Gasteiger partial charge in [-0.25, -0.2) is 0 Å². The minimum atomic E-state index is 0.533. The summed E-state index contributed by atoms with van der Waals surface area (Å²) in [5, 5.41) is 0. The summed E-state index contributed by atoms with van der Waals surface area (Å²) in [7, 11) is 1.69. The lowest BCUT2D eigenvalue weighted by Crippen LogP contribution is -2.36. The fraction of sp³-hybridized carbons (Fsp3) is 0.714. The Hall–Kier alpha value is -1.00. The Morgan fingerprint density at radius 1 is 1.33 bits per heavy atom. The number of hydrogen-bond acceptors (Lipinski definition) is 4. The maximum absolute atomic E-state index is 5.75. The van der Waals surface area contributed by atoms with Gasteiger partial charge in [0.2, 0.25) is 0 Å². The molecule has 1 aliphatic carbocycles. The van der Waals surface area contributed by atoms with Gasteiger partial charge in [-0.1, -0.05) is 13.0 Å². The van der Waals surface area contributed by atoms with Crippen LogP contribution in [0.1, 0.15) is 13.3 Å². The first-order valence-electron chi connectivity index (χ1n) is 6.66. The highest BCUT2D eigenvalue weighted by atomic mass is 16.5. The fourth-order valence-corrected chi connectivity index (χ4v) is 2.31. The molecule has 4 heteroatoms. The molecule has 0 aromatic rings. The topological polar surface area (TPSA) is 30.9 Å². The first-order valence-corrected chi connectivity index (χ1v) is 6.66. The van der Waals surface area contributed by atoms with Crippen LogP contribution in [-0.4, -0.2) is 51.5 Å². The Kier molecular flexibility index (Phi) is 5.08. The van der Waals surface area contributed by atoms with Crippen molar-refractivity contribution in [2.24, 2.45) is 5.92 Å². The molecule has 4 nitrogen and oxygen atoms in total. The summed E-state index contributed by atoms with van der Waals surface area (Å²) in [4.78, 5) is 2.37. The van der Waals surface area contributed by atoms with E-state index in [9.17, 15) is 0 Å².